The van der Waals surface area contributed by atoms with Crippen molar-refractivity contribution in [2.75, 3.05) is 32.6 Å². The number of hydrogen-bond acceptors (Lipinski definition) is 5. The molecule has 1 rings (SSSR count). The predicted octanol–water partition coefficient (Wildman–Crippen LogP) is 1.56. The van der Waals surface area contributed by atoms with Gasteiger partial charge in [-0.2, -0.15) is 0 Å². The highest BCUT2D eigenvalue weighted by molar-refractivity contribution is 5.77. The SMILES string of the molecule is CC#Cc1cncccccn1N/C(C=N)=C/NCCN(C)C. The normalized spacial score (nSPS) is 10.3. The van der Waals surface area contributed by atoms with Crippen LogP contribution >= 0.6 is 0 Å². The Labute approximate surface area is 138 Å². The first-order chi connectivity index (χ1) is 11.2. The van der Waals surface area contributed by atoms with E-state index in [1.807, 2.05) is 38.5 Å². The fraction of sp³-hybridized carbons (Fsp3) is 0.294. The highest BCUT2D eigenvalue weighted by Gasteiger charge is 1.96. The molecule has 1 aromatic heterocycles. The van der Waals surface area contributed by atoms with E-state index in [0.29, 0.717) is 11.4 Å². The van der Waals surface area contributed by atoms with Crippen molar-refractivity contribution >= 4 is 6.21 Å². The molecule has 0 atom stereocenters. The second-order valence-corrected chi connectivity index (χ2v) is 4.90. The molecule has 0 aromatic carbocycles. The Morgan fingerprint density at radius 2 is 2.22 bits per heavy atom. The van der Waals surface area contributed by atoms with Gasteiger partial charge in [0, 0.05) is 37.9 Å². The van der Waals surface area contributed by atoms with E-state index in [4.69, 9.17) is 5.41 Å². The molecule has 0 aliphatic rings. The van der Waals surface area contributed by atoms with E-state index >= 15 is 0 Å². The lowest BCUT2D eigenvalue weighted by Crippen LogP contribution is -2.25. The van der Waals surface area contributed by atoms with E-state index in [9.17, 15) is 0 Å². The quantitative estimate of drug-likeness (QED) is 0.406. The van der Waals surface area contributed by atoms with Crippen LogP contribution in [-0.4, -0.2) is 48.0 Å². The van der Waals surface area contributed by atoms with Gasteiger partial charge in [0.05, 0.1) is 11.9 Å². The Kier molecular flexibility index (Phi) is 8.64. The molecule has 0 fully saturated rings. The van der Waals surface area contributed by atoms with Crippen LogP contribution < -0.4 is 10.7 Å². The smallest absolute Gasteiger partial charge is 0.130 e. The van der Waals surface area contributed by atoms with Crippen LogP contribution in [0.5, 0.6) is 0 Å². The van der Waals surface area contributed by atoms with Crippen LogP contribution in [0.1, 0.15) is 12.6 Å². The Morgan fingerprint density at radius 1 is 1.39 bits per heavy atom. The van der Waals surface area contributed by atoms with Crippen LogP contribution in [0.4, 0.5) is 0 Å². The van der Waals surface area contributed by atoms with Gasteiger partial charge < -0.3 is 15.6 Å². The first-order valence-corrected chi connectivity index (χ1v) is 7.31. The van der Waals surface area contributed by atoms with E-state index in [-0.39, 0.29) is 0 Å². The zero-order valence-electron chi connectivity index (χ0n) is 13.9. The molecule has 1 aromatic rings. The van der Waals surface area contributed by atoms with Crippen LogP contribution in [0.3, 0.4) is 0 Å². The summed E-state index contributed by atoms with van der Waals surface area (Å²) in [6.45, 7) is 3.48. The molecule has 0 spiro atoms. The standard InChI is InChI=1S/C17H24N6/c1-4-8-17-15-19-9-6-5-7-11-23(17)21-16(13-18)14-20-10-12-22(2)3/h5-7,9,11,13-15,18,20-21H,10,12H2,1-3H3/b6-5?,11-7?,16-14+,17-15?,18-13?,19-9?. The molecule has 0 radical (unpaired) electrons. The fourth-order valence-electron chi connectivity index (χ4n) is 1.59. The third-order valence-electron chi connectivity index (χ3n) is 2.70. The van der Waals surface area contributed by atoms with Gasteiger partial charge in [0.1, 0.15) is 5.69 Å². The molecule has 0 saturated carbocycles. The van der Waals surface area contributed by atoms with Crippen LogP contribution in [0, 0.1) is 17.3 Å². The minimum atomic E-state index is 0.615. The zero-order chi connectivity index (χ0) is 16.9. The van der Waals surface area contributed by atoms with Gasteiger partial charge in [-0.15, -0.1) is 0 Å². The molecule has 0 aliphatic heterocycles. The Morgan fingerprint density at radius 3 is 2.91 bits per heavy atom. The summed E-state index contributed by atoms with van der Waals surface area (Å²) in [5.74, 6) is 5.86. The molecule has 0 bridgehead atoms. The average Bonchev–Trinajstić information content (AvgIpc) is 2.63. The van der Waals surface area contributed by atoms with Crippen molar-refractivity contribution in [2.45, 2.75) is 6.92 Å². The molecule has 6 heteroatoms. The number of nitrogens with one attached hydrogen (secondary N) is 3. The summed E-state index contributed by atoms with van der Waals surface area (Å²) in [5.41, 5.74) is 4.43. The monoisotopic (exact) mass is 312 g/mol. The molecular weight excluding hydrogens is 288 g/mol. The number of hydrogen-bond donors (Lipinski definition) is 3. The summed E-state index contributed by atoms with van der Waals surface area (Å²) >= 11 is 0. The highest BCUT2D eigenvalue weighted by atomic mass is 15.4. The van der Waals surface area contributed by atoms with Gasteiger partial charge in [0.2, 0.25) is 0 Å². The molecule has 23 heavy (non-hydrogen) atoms. The maximum atomic E-state index is 7.55. The topological polar surface area (TPSA) is 69.0 Å². The number of allylic oxidation sites excluding steroid dienone is 1. The lowest BCUT2D eigenvalue weighted by atomic mass is 10.4. The van der Waals surface area contributed by atoms with Crippen LogP contribution in [0.15, 0.2) is 48.7 Å². The molecule has 0 amide bonds. The largest absolute Gasteiger partial charge is 0.388 e. The Balaban J connectivity index is 2.99. The minimum absolute atomic E-state index is 0.615. The van der Waals surface area contributed by atoms with Gasteiger partial charge in [-0.3, -0.25) is 15.1 Å². The second kappa shape index (κ2) is 10.9. The van der Waals surface area contributed by atoms with E-state index in [1.54, 1.807) is 30.2 Å². The summed E-state index contributed by atoms with van der Waals surface area (Å²) in [5, 5.41) is 10.7. The summed E-state index contributed by atoms with van der Waals surface area (Å²) in [7, 11) is 4.04. The van der Waals surface area contributed by atoms with Gasteiger partial charge in [0.15, 0.2) is 0 Å². The number of nitrogens with zero attached hydrogens (tertiary/aromatic N) is 3. The van der Waals surface area contributed by atoms with Crippen molar-refractivity contribution in [1.29, 1.82) is 5.41 Å². The van der Waals surface area contributed by atoms with Crippen LogP contribution in [0.25, 0.3) is 0 Å². The van der Waals surface area contributed by atoms with Gasteiger partial charge in [-0.1, -0.05) is 12.0 Å². The summed E-state index contributed by atoms with van der Waals surface area (Å²) in [6, 6.07) is 5.58. The summed E-state index contributed by atoms with van der Waals surface area (Å²) in [4.78, 5) is 6.26. The minimum Gasteiger partial charge on any atom is -0.388 e. The fourth-order valence-corrected chi connectivity index (χ4v) is 1.59. The molecule has 0 aliphatic carbocycles. The number of likely N-dealkylation sites (N-methyl/N-ethyl adjacent to an activating group) is 1. The third-order valence-corrected chi connectivity index (χ3v) is 2.70. The Hall–Kier alpha value is -2.78. The first kappa shape index (κ1) is 18.3. The molecule has 1 heterocycles. The Bertz CT molecular complexity index is 632. The van der Waals surface area contributed by atoms with Crippen molar-refractivity contribution in [1.82, 2.24) is 19.9 Å². The summed E-state index contributed by atoms with van der Waals surface area (Å²) in [6.07, 6.45) is 8.22. The molecular formula is C17H24N6. The number of rotatable bonds is 7. The molecule has 122 valence electrons. The zero-order valence-corrected chi connectivity index (χ0v) is 13.9. The van der Waals surface area contributed by atoms with E-state index in [0.717, 1.165) is 13.1 Å². The van der Waals surface area contributed by atoms with Crippen molar-refractivity contribution in [2.24, 2.45) is 0 Å². The average molecular weight is 312 g/mol. The maximum absolute atomic E-state index is 7.55. The van der Waals surface area contributed by atoms with Crippen molar-refractivity contribution in [3.05, 3.63) is 54.4 Å². The maximum Gasteiger partial charge on any atom is 0.130 e. The van der Waals surface area contributed by atoms with Gasteiger partial charge in [-0.25, -0.2) is 0 Å². The van der Waals surface area contributed by atoms with Crippen molar-refractivity contribution in [3.8, 4) is 11.8 Å². The lowest BCUT2D eigenvalue weighted by Gasteiger charge is -2.13. The summed E-state index contributed by atoms with van der Waals surface area (Å²) < 4.78 is 1.73. The van der Waals surface area contributed by atoms with E-state index < -0.39 is 0 Å². The highest BCUT2D eigenvalue weighted by Crippen LogP contribution is 1.95. The molecule has 0 saturated heterocycles. The van der Waals surface area contributed by atoms with E-state index in [2.05, 4.69) is 32.5 Å². The van der Waals surface area contributed by atoms with E-state index in [1.165, 1.54) is 6.21 Å². The van der Waals surface area contributed by atoms with Crippen LogP contribution in [-0.2, 0) is 0 Å². The van der Waals surface area contributed by atoms with Crippen molar-refractivity contribution in [3.63, 3.8) is 0 Å². The lowest BCUT2D eigenvalue weighted by molar-refractivity contribution is 0.410. The molecule has 3 N–H and O–H groups in total. The first-order valence-electron chi connectivity index (χ1n) is 7.31. The van der Waals surface area contributed by atoms with Gasteiger partial charge in [-0.05, 0) is 39.1 Å². The molecule has 0 unspecified atom stereocenters. The van der Waals surface area contributed by atoms with Crippen LogP contribution in [0.2, 0.25) is 0 Å². The van der Waals surface area contributed by atoms with Crippen molar-refractivity contribution < 1.29 is 0 Å². The third kappa shape index (κ3) is 7.69. The van der Waals surface area contributed by atoms with Gasteiger partial charge >= 0.3 is 0 Å². The predicted molar refractivity (Wildman–Crippen MR) is 95.2 cm³/mol. The van der Waals surface area contributed by atoms with Gasteiger partial charge in [0.25, 0.3) is 0 Å². The number of aromatic nitrogens is 2. The molecule has 6 nitrogen and oxygen atoms in total. The second-order valence-electron chi connectivity index (χ2n) is 4.90.